The van der Waals surface area contributed by atoms with Gasteiger partial charge in [0.2, 0.25) is 0 Å². The van der Waals surface area contributed by atoms with E-state index in [1.807, 2.05) is 7.11 Å². The summed E-state index contributed by atoms with van der Waals surface area (Å²) >= 11 is 0. The molecule has 2 aliphatic rings. The van der Waals surface area contributed by atoms with Gasteiger partial charge in [-0.05, 0) is 41.1 Å². The van der Waals surface area contributed by atoms with E-state index in [2.05, 4.69) is 67.6 Å². The zero-order valence-electron chi connectivity index (χ0n) is 17.7. The van der Waals surface area contributed by atoms with Crippen LogP contribution in [0.1, 0.15) is 45.4 Å². The van der Waals surface area contributed by atoms with Crippen LogP contribution in [0.3, 0.4) is 0 Å². The third-order valence-corrected chi connectivity index (χ3v) is 10.8. The van der Waals surface area contributed by atoms with Crippen LogP contribution < -0.4 is 10.4 Å². The van der Waals surface area contributed by atoms with Crippen LogP contribution in [-0.2, 0) is 9.22 Å². The lowest BCUT2D eigenvalue weighted by Gasteiger charge is -2.30. The van der Waals surface area contributed by atoms with Crippen LogP contribution >= 0.6 is 0 Å². The van der Waals surface area contributed by atoms with Gasteiger partial charge >= 0.3 is 0 Å². The first kappa shape index (κ1) is 21.9. The smallest absolute Gasteiger partial charge is 0.255 e. The third-order valence-electron chi connectivity index (χ3n) is 6.51. The minimum atomic E-state index is -2.04. The van der Waals surface area contributed by atoms with Crippen LogP contribution in [-0.4, -0.2) is 32.4 Å². The highest BCUT2D eigenvalue weighted by atomic mass is 28.4. The van der Waals surface area contributed by atoms with Crippen molar-refractivity contribution in [3.8, 4) is 0 Å². The van der Waals surface area contributed by atoms with Crippen LogP contribution in [0.15, 0.2) is 60.7 Å². The highest BCUT2D eigenvalue weighted by molar-refractivity contribution is 6.97. The Morgan fingerprint density at radius 2 is 1.41 bits per heavy atom. The molecule has 4 heteroatoms. The van der Waals surface area contributed by atoms with Crippen LogP contribution in [0.4, 0.5) is 0 Å². The van der Waals surface area contributed by atoms with Crippen molar-refractivity contribution in [3.63, 3.8) is 0 Å². The molecule has 0 bridgehead atoms. The molecule has 0 saturated heterocycles. The summed E-state index contributed by atoms with van der Waals surface area (Å²) in [6, 6.07) is 22.6. The van der Waals surface area contributed by atoms with Crippen molar-refractivity contribution in [1.82, 2.24) is 0 Å². The summed E-state index contributed by atoms with van der Waals surface area (Å²) in [5, 5.41) is 12.0. The second-order valence-electron chi connectivity index (χ2n) is 8.46. The third kappa shape index (κ3) is 5.24. The quantitative estimate of drug-likeness (QED) is 0.734. The predicted molar refractivity (Wildman–Crippen MR) is 121 cm³/mol. The summed E-state index contributed by atoms with van der Waals surface area (Å²) in [5.74, 6) is 1.46. The number of aliphatic hydroxyl groups excluding tert-OH is 1. The molecule has 2 aromatic carbocycles. The molecule has 2 atom stereocenters. The number of Topliss-reactive ketones (excluding diaryl/α,β-unsaturated/α-hetero) is 1. The van der Waals surface area contributed by atoms with Gasteiger partial charge in [0, 0.05) is 20.0 Å². The zero-order chi connectivity index (χ0) is 20.7. The molecule has 2 fully saturated rings. The zero-order valence-corrected chi connectivity index (χ0v) is 18.7. The molecule has 3 nitrogen and oxygen atoms in total. The van der Waals surface area contributed by atoms with E-state index in [1.165, 1.54) is 23.2 Å². The van der Waals surface area contributed by atoms with E-state index in [1.54, 1.807) is 0 Å². The largest absolute Gasteiger partial charge is 0.411 e. The lowest BCUT2D eigenvalue weighted by molar-refractivity contribution is -0.118. The molecule has 1 N–H and O–H groups in total. The Kier molecular flexibility index (Phi) is 7.82. The number of fused-ring (bicyclic) bond motifs is 1. The lowest BCUT2D eigenvalue weighted by atomic mass is 10.0. The normalized spacial score (nSPS) is 23.4. The number of ketones is 1. The second kappa shape index (κ2) is 10.3. The summed E-state index contributed by atoms with van der Waals surface area (Å²) in [6.45, 7) is 2.24. The Hall–Kier alpha value is -1.75. The molecule has 0 spiro atoms. The fourth-order valence-electron chi connectivity index (χ4n) is 4.98. The van der Waals surface area contributed by atoms with Crippen molar-refractivity contribution in [3.05, 3.63) is 60.7 Å². The Balaban J connectivity index is 0.000000200. The van der Waals surface area contributed by atoms with Gasteiger partial charge in [-0.1, -0.05) is 80.4 Å². The molecule has 4 rings (SSSR count). The van der Waals surface area contributed by atoms with Gasteiger partial charge in [0.05, 0.1) is 6.10 Å². The summed E-state index contributed by atoms with van der Waals surface area (Å²) in [5.41, 5.74) is 0. The van der Waals surface area contributed by atoms with Gasteiger partial charge in [0.25, 0.3) is 8.32 Å². The van der Waals surface area contributed by atoms with E-state index in [0.29, 0.717) is 17.6 Å². The van der Waals surface area contributed by atoms with Gasteiger partial charge < -0.3 is 9.53 Å². The van der Waals surface area contributed by atoms with Crippen molar-refractivity contribution < 1.29 is 14.3 Å². The van der Waals surface area contributed by atoms with Gasteiger partial charge in [-0.2, -0.15) is 0 Å². The monoisotopic (exact) mass is 410 g/mol. The fraction of sp³-hybridized carbons (Fsp3) is 0.480. The van der Waals surface area contributed by atoms with Crippen LogP contribution in [0.25, 0.3) is 0 Å². The van der Waals surface area contributed by atoms with Crippen molar-refractivity contribution in [2.45, 2.75) is 57.6 Å². The molecule has 156 valence electrons. The van der Waals surface area contributed by atoms with E-state index in [9.17, 15) is 9.90 Å². The molecule has 0 heterocycles. The van der Waals surface area contributed by atoms with Gasteiger partial charge in [-0.25, -0.2) is 0 Å². The summed E-state index contributed by atoms with van der Waals surface area (Å²) < 4.78 is 6.15. The Bertz CT molecular complexity index is 707. The molecule has 2 aliphatic carbocycles. The standard InChI is InChI=1S/C17H22OSi.C8H12O2/c1-3-4-15-19(18-2,16-11-7-5-8-12-16)17-13-9-6-10-14-17;9-7-1-5-2-8(10)4-6(5)3-7/h5-14H,3-4,15H2,1-2H3;5-7,9H,1-4H2. The highest BCUT2D eigenvalue weighted by Crippen LogP contribution is 2.42. The van der Waals surface area contributed by atoms with E-state index >= 15 is 0 Å². The number of hydrogen-bond acceptors (Lipinski definition) is 3. The molecule has 29 heavy (non-hydrogen) atoms. The number of hydrogen-bond donors (Lipinski definition) is 1. The molecule has 0 aliphatic heterocycles. The van der Waals surface area contributed by atoms with Gasteiger partial charge in [-0.3, -0.25) is 4.79 Å². The Morgan fingerprint density at radius 3 is 1.83 bits per heavy atom. The first-order chi connectivity index (χ1) is 14.1. The Labute approximate surface area is 176 Å². The van der Waals surface area contributed by atoms with Crippen molar-refractivity contribution in [1.29, 1.82) is 0 Å². The van der Waals surface area contributed by atoms with Crippen molar-refractivity contribution in [2.24, 2.45) is 11.8 Å². The Morgan fingerprint density at radius 1 is 0.931 bits per heavy atom. The van der Waals surface area contributed by atoms with Crippen molar-refractivity contribution >= 4 is 24.5 Å². The summed E-state index contributed by atoms with van der Waals surface area (Å²) in [4.78, 5) is 10.9. The molecule has 0 amide bonds. The van der Waals surface area contributed by atoms with E-state index < -0.39 is 8.32 Å². The number of aliphatic hydroxyl groups is 1. The molecular weight excluding hydrogens is 376 g/mol. The number of rotatable bonds is 6. The maximum absolute atomic E-state index is 10.9. The molecule has 2 aromatic rings. The topological polar surface area (TPSA) is 46.5 Å². The first-order valence-electron chi connectivity index (χ1n) is 10.9. The number of carbonyl (C=O) groups excluding carboxylic acids is 1. The molecular formula is C25H34O3Si. The summed E-state index contributed by atoms with van der Waals surface area (Å²) in [6.07, 6.45) is 5.53. The highest BCUT2D eigenvalue weighted by Gasteiger charge is 2.40. The average Bonchev–Trinajstić information content (AvgIpc) is 3.26. The van der Waals surface area contributed by atoms with E-state index in [-0.39, 0.29) is 6.10 Å². The van der Waals surface area contributed by atoms with Crippen LogP contribution in [0, 0.1) is 11.8 Å². The average molecular weight is 411 g/mol. The molecule has 0 aromatic heterocycles. The molecule has 0 radical (unpaired) electrons. The second-order valence-corrected chi connectivity index (χ2v) is 12.2. The van der Waals surface area contributed by atoms with E-state index in [0.717, 1.165) is 31.7 Å². The van der Waals surface area contributed by atoms with Crippen LogP contribution in [0.2, 0.25) is 6.04 Å². The van der Waals surface area contributed by atoms with E-state index in [4.69, 9.17) is 4.43 Å². The molecule has 2 saturated carbocycles. The molecule has 2 unspecified atom stereocenters. The minimum Gasteiger partial charge on any atom is -0.411 e. The van der Waals surface area contributed by atoms with Gasteiger partial charge in [0.1, 0.15) is 5.78 Å². The van der Waals surface area contributed by atoms with Gasteiger partial charge in [0.15, 0.2) is 0 Å². The van der Waals surface area contributed by atoms with Gasteiger partial charge in [-0.15, -0.1) is 0 Å². The number of unbranched alkanes of at least 4 members (excludes halogenated alkanes) is 1. The number of carbonyl (C=O) groups is 1. The SMILES string of the molecule is CCCC[Si](OC)(c1ccccc1)c1ccccc1.O=C1CC2CC(O)CC2C1. The number of benzene rings is 2. The minimum absolute atomic E-state index is 0.108. The maximum atomic E-state index is 10.9. The fourth-order valence-corrected chi connectivity index (χ4v) is 8.88. The van der Waals surface area contributed by atoms with Crippen molar-refractivity contribution in [2.75, 3.05) is 7.11 Å². The summed E-state index contributed by atoms with van der Waals surface area (Å²) in [7, 11) is -0.166. The lowest BCUT2D eigenvalue weighted by Crippen LogP contribution is -2.60. The van der Waals surface area contributed by atoms with Crippen LogP contribution in [0.5, 0.6) is 0 Å². The predicted octanol–water partition coefficient (Wildman–Crippen LogP) is 3.93. The maximum Gasteiger partial charge on any atom is 0.255 e. The first-order valence-corrected chi connectivity index (χ1v) is 13.1.